The molecule has 252 valence electrons. The number of hydrogen-bond acceptors (Lipinski definition) is 9. The van der Waals surface area contributed by atoms with Gasteiger partial charge < -0.3 is 30.6 Å². The summed E-state index contributed by atoms with van der Waals surface area (Å²) in [5.41, 5.74) is -0.154. The number of fused-ring (bicyclic) bond motifs is 2. The number of pyridine rings is 2. The molecule has 1 unspecified atom stereocenters. The number of amides is 3. The van der Waals surface area contributed by atoms with Gasteiger partial charge in [-0.15, -0.1) is 0 Å². The first kappa shape index (κ1) is 33.0. The van der Waals surface area contributed by atoms with Gasteiger partial charge in [-0.2, -0.15) is 13.2 Å². The first-order chi connectivity index (χ1) is 23.1. The van der Waals surface area contributed by atoms with Gasteiger partial charge in [-0.05, 0) is 67.9 Å². The van der Waals surface area contributed by atoms with Crippen LogP contribution in [0.5, 0.6) is 5.75 Å². The molecule has 1 aliphatic heterocycles. The number of hydrogen-bond donors (Lipinski definition) is 4. The summed E-state index contributed by atoms with van der Waals surface area (Å²) in [6, 6.07) is 9.66. The number of carbonyl (C=O) groups excluding carboxylic acids is 3. The number of rotatable bonds is 8. The number of aliphatic hydroxyl groups is 1. The lowest BCUT2D eigenvalue weighted by atomic mass is 9.81. The molecule has 3 aromatic heterocycles. The minimum Gasteiger partial charge on any atom is -0.489 e. The van der Waals surface area contributed by atoms with E-state index in [0.717, 1.165) is 18.2 Å². The zero-order chi connectivity index (χ0) is 35.3. The fraction of sp³-hybridized carbons (Fsp3) is 0.212. The van der Waals surface area contributed by atoms with Crippen LogP contribution in [0.15, 0.2) is 71.6 Å². The summed E-state index contributed by atoms with van der Waals surface area (Å²) in [5, 5.41) is 16.4. The fourth-order valence-electron chi connectivity index (χ4n) is 5.35. The predicted octanol–water partition coefficient (Wildman–Crippen LogP) is 4.30. The maximum Gasteiger partial charge on any atom is 0.424 e. The number of aromatic nitrogens is 3. The molecule has 49 heavy (non-hydrogen) atoms. The number of nitrogens with zero attached hydrogens (tertiary/aromatic N) is 3. The van der Waals surface area contributed by atoms with Gasteiger partial charge in [0.2, 0.25) is 11.5 Å². The van der Waals surface area contributed by atoms with Crippen molar-refractivity contribution in [1.29, 1.82) is 0 Å². The number of aryl methyl sites for hydroxylation is 1. The molecule has 12 nitrogen and oxygen atoms in total. The van der Waals surface area contributed by atoms with Gasteiger partial charge in [0.15, 0.2) is 0 Å². The van der Waals surface area contributed by atoms with E-state index in [-0.39, 0.29) is 51.8 Å². The molecule has 0 saturated heterocycles. The molecule has 1 aliphatic rings. The second kappa shape index (κ2) is 12.0. The van der Waals surface area contributed by atoms with Crippen molar-refractivity contribution in [3.63, 3.8) is 0 Å². The zero-order valence-corrected chi connectivity index (χ0v) is 25.7. The highest BCUT2D eigenvalue weighted by molar-refractivity contribution is 6.09. The Morgan fingerprint density at radius 2 is 1.80 bits per heavy atom. The highest BCUT2D eigenvalue weighted by Gasteiger charge is 2.57. The van der Waals surface area contributed by atoms with Crippen molar-refractivity contribution < 1.29 is 46.2 Å². The molecule has 2 aromatic carbocycles. The molecule has 0 spiro atoms. The summed E-state index contributed by atoms with van der Waals surface area (Å²) in [6.45, 7) is 1.33. The summed E-state index contributed by atoms with van der Waals surface area (Å²) < 4.78 is 68.9. The van der Waals surface area contributed by atoms with Gasteiger partial charge in [-0.1, -0.05) is 0 Å². The first-order valence-electron chi connectivity index (χ1n) is 14.5. The number of ether oxygens (including phenoxy) is 1. The van der Waals surface area contributed by atoms with Crippen molar-refractivity contribution in [3.05, 3.63) is 101 Å². The number of carbonyl (C=O) groups is 3. The van der Waals surface area contributed by atoms with Crippen LogP contribution in [-0.4, -0.2) is 57.1 Å². The van der Waals surface area contributed by atoms with Crippen LogP contribution < -0.4 is 21.1 Å². The lowest BCUT2D eigenvalue weighted by molar-refractivity contribution is -0.265. The van der Waals surface area contributed by atoms with Crippen LogP contribution >= 0.6 is 0 Å². The average molecular weight is 679 g/mol. The van der Waals surface area contributed by atoms with Gasteiger partial charge in [0, 0.05) is 28.3 Å². The lowest BCUT2D eigenvalue weighted by Crippen LogP contribution is -2.51. The molecule has 6 rings (SSSR count). The molecular weight excluding hydrogens is 652 g/mol. The molecule has 4 heterocycles. The minimum absolute atomic E-state index is 0.0342. The molecular formula is C33H26F4N6O6. The SMILES string of the molecule is Cc1cnc2c(NC(=O)c3ncco3)cc(C(=O)NCC(O)(c3cc4c(c(-c5ccc(F)cc5)n3)OC[C@]4(C)C(N)=O)C(F)(F)F)cc2c1. The number of primary amides is 1. The highest BCUT2D eigenvalue weighted by atomic mass is 19.4. The third-order valence-electron chi connectivity index (χ3n) is 8.19. The van der Waals surface area contributed by atoms with Gasteiger partial charge in [0.05, 0.1) is 29.6 Å². The molecule has 5 aromatic rings. The van der Waals surface area contributed by atoms with E-state index in [0.29, 0.717) is 10.9 Å². The number of oxazole rings is 1. The van der Waals surface area contributed by atoms with Crippen molar-refractivity contribution in [2.45, 2.75) is 31.0 Å². The monoisotopic (exact) mass is 678 g/mol. The Morgan fingerprint density at radius 1 is 1.06 bits per heavy atom. The van der Waals surface area contributed by atoms with Crippen molar-refractivity contribution in [1.82, 2.24) is 20.3 Å². The van der Waals surface area contributed by atoms with E-state index in [1.54, 1.807) is 13.0 Å². The molecule has 0 aliphatic carbocycles. The smallest absolute Gasteiger partial charge is 0.424 e. The Bertz CT molecular complexity index is 2120. The van der Waals surface area contributed by atoms with Gasteiger partial charge in [-0.25, -0.2) is 14.4 Å². The summed E-state index contributed by atoms with van der Waals surface area (Å²) in [4.78, 5) is 50.8. The van der Waals surface area contributed by atoms with Crippen LogP contribution in [-0.2, 0) is 15.8 Å². The van der Waals surface area contributed by atoms with E-state index in [4.69, 9.17) is 14.9 Å². The molecule has 16 heteroatoms. The highest BCUT2D eigenvalue weighted by Crippen LogP contribution is 2.47. The first-order valence-corrected chi connectivity index (χ1v) is 14.5. The van der Waals surface area contributed by atoms with Crippen LogP contribution in [0, 0.1) is 12.7 Å². The fourth-order valence-corrected chi connectivity index (χ4v) is 5.35. The van der Waals surface area contributed by atoms with Crippen LogP contribution in [0.3, 0.4) is 0 Å². The summed E-state index contributed by atoms with van der Waals surface area (Å²) in [5.74, 6) is -3.72. The molecule has 0 radical (unpaired) electrons. The van der Waals surface area contributed by atoms with Crippen molar-refractivity contribution in [3.8, 4) is 17.0 Å². The Kier molecular flexibility index (Phi) is 8.06. The topological polar surface area (TPSA) is 183 Å². The molecule has 0 saturated carbocycles. The number of nitrogens with two attached hydrogens (primary N) is 1. The Labute approximate surface area is 274 Å². The van der Waals surface area contributed by atoms with Crippen molar-refractivity contribution >= 4 is 34.3 Å². The summed E-state index contributed by atoms with van der Waals surface area (Å²) >= 11 is 0. The minimum atomic E-state index is -5.43. The maximum atomic E-state index is 14.8. The molecule has 0 fully saturated rings. The summed E-state index contributed by atoms with van der Waals surface area (Å²) in [6.07, 6.45) is -1.48. The number of anilines is 1. The van der Waals surface area contributed by atoms with Crippen molar-refractivity contribution in [2.75, 3.05) is 18.5 Å². The number of nitrogens with one attached hydrogen (secondary N) is 2. The van der Waals surface area contributed by atoms with Crippen LogP contribution in [0.1, 0.15) is 44.8 Å². The van der Waals surface area contributed by atoms with E-state index in [1.807, 2.05) is 0 Å². The van der Waals surface area contributed by atoms with Crippen LogP contribution in [0.2, 0.25) is 0 Å². The number of halogens is 4. The predicted molar refractivity (Wildman–Crippen MR) is 165 cm³/mol. The number of alkyl halides is 3. The normalized spacial score (nSPS) is 16.8. The molecule has 0 bridgehead atoms. The quantitative estimate of drug-likeness (QED) is 0.174. The van der Waals surface area contributed by atoms with E-state index in [2.05, 4.69) is 25.6 Å². The lowest BCUT2D eigenvalue weighted by Gasteiger charge is -2.31. The van der Waals surface area contributed by atoms with Crippen molar-refractivity contribution in [2.24, 2.45) is 5.73 Å². The average Bonchev–Trinajstić information content (AvgIpc) is 3.72. The second-order valence-corrected chi connectivity index (χ2v) is 11.7. The van der Waals surface area contributed by atoms with Crippen LogP contribution in [0.25, 0.3) is 22.2 Å². The van der Waals surface area contributed by atoms with E-state index in [9.17, 15) is 37.1 Å². The molecule has 5 N–H and O–H groups in total. The molecule has 2 atom stereocenters. The standard InChI is InChI=1S/C33H26F4N6O6/c1-16-9-18-10-19(11-22(24(18)40-13-16)42-28(45)29-39-7-8-48-29)27(44)41-14-32(47,33(35,36)37)23-12-21-26(49-15-31(21,2)30(38)46)25(43-23)17-3-5-20(34)6-4-17/h3-13,47H,14-15H2,1-2H3,(H2,38,46)(H,41,44)(H,42,45)/t31-,32?/m0/s1. The Morgan fingerprint density at radius 3 is 2.45 bits per heavy atom. The third-order valence-corrected chi connectivity index (χ3v) is 8.19. The maximum absolute atomic E-state index is 14.8. The zero-order valence-electron chi connectivity index (χ0n) is 25.7. The second-order valence-electron chi connectivity index (χ2n) is 11.7. The molecule has 3 amide bonds. The van der Waals surface area contributed by atoms with E-state index >= 15 is 0 Å². The van der Waals surface area contributed by atoms with Gasteiger partial charge >= 0.3 is 12.1 Å². The largest absolute Gasteiger partial charge is 0.489 e. The third kappa shape index (κ3) is 5.90. The van der Waals surface area contributed by atoms with E-state index in [1.165, 1.54) is 49.8 Å². The van der Waals surface area contributed by atoms with Gasteiger partial charge in [0.25, 0.3) is 11.8 Å². The van der Waals surface area contributed by atoms with Crippen LogP contribution in [0.4, 0.5) is 23.2 Å². The van der Waals surface area contributed by atoms with Gasteiger partial charge in [0.1, 0.15) is 35.5 Å². The Balaban J connectivity index is 1.39. The number of benzene rings is 2. The van der Waals surface area contributed by atoms with E-state index < -0.39 is 53.0 Å². The van der Waals surface area contributed by atoms with Gasteiger partial charge in [-0.3, -0.25) is 19.4 Å². The Hall–Kier alpha value is -5.90. The summed E-state index contributed by atoms with van der Waals surface area (Å²) in [7, 11) is 0.